The zero-order valence-corrected chi connectivity index (χ0v) is 10.1. The smallest absolute Gasteiger partial charge is 0.222 e. The van der Waals surface area contributed by atoms with Gasteiger partial charge in [-0.15, -0.1) is 0 Å². The lowest BCUT2D eigenvalue weighted by molar-refractivity contribution is 0.852. The Labute approximate surface area is 102 Å². The Balaban J connectivity index is 1.71. The number of anilines is 1. The van der Waals surface area contributed by atoms with Crippen molar-refractivity contribution in [3.63, 3.8) is 0 Å². The second-order valence-electron chi connectivity index (χ2n) is 4.10. The van der Waals surface area contributed by atoms with Gasteiger partial charge in [0, 0.05) is 18.9 Å². The number of nitrogens with one attached hydrogen (secondary N) is 1. The van der Waals surface area contributed by atoms with Gasteiger partial charge < -0.3 is 5.32 Å². The second-order valence-corrected chi connectivity index (χ2v) is 4.10. The highest BCUT2D eigenvalue weighted by Crippen LogP contribution is 2.03. The van der Waals surface area contributed by atoms with E-state index in [1.807, 2.05) is 25.4 Å². The van der Waals surface area contributed by atoms with Crippen LogP contribution in [0.1, 0.15) is 17.5 Å². The van der Waals surface area contributed by atoms with E-state index in [2.05, 4.69) is 39.6 Å². The molecule has 0 saturated heterocycles. The average molecular weight is 227 g/mol. The van der Waals surface area contributed by atoms with Crippen LogP contribution in [0.25, 0.3) is 0 Å². The van der Waals surface area contributed by atoms with Crippen LogP contribution < -0.4 is 5.32 Å². The maximum Gasteiger partial charge on any atom is 0.222 e. The van der Waals surface area contributed by atoms with E-state index in [-0.39, 0.29) is 0 Å². The van der Waals surface area contributed by atoms with Crippen molar-refractivity contribution in [2.45, 2.75) is 19.8 Å². The van der Waals surface area contributed by atoms with Crippen molar-refractivity contribution < 1.29 is 0 Å². The number of benzene rings is 1. The first-order chi connectivity index (χ1) is 8.34. The van der Waals surface area contributed by atoms with E-state index in [0.717, 1.165) is 24.9 Å². The quantitative estimate of drug-likeness (QED) is 0.798. The Morgan fingerprint density at radius 3 is 2.47 bits per heavy atom. The van der Waals surface area contributed by atoms with E-state index in [4.69, 9.17) is 0 Å². The van der Waals surface area contributed by atoms with E-state index in [9.17, 15) is 0 Å². The summed E-state index contributed by atoms with van der Waals surface area (Å²) in [6.07, 6.45) is 5.82. The summed E-state index contributed by atoms with van der Waals surface area (Å²) >= 11 is 0. The van der Waals surface area contributed by atoms with Crippen LogP contribution in [-0.4, -0.2) is 16.5 Å². The molecule has 0 saturated carbocycles. The van der Waals surface area contributed by atoms with Gasteiger partial charge in [-0.25, -0.2) is 9.97 Å². The fourth-order valence-electron chi connectivity index (χ4n) is 1.62. The SMILES string of the molecule is Cc1cnc(NCCCc2ccccc2)nc1. The molecule has 0 aliphatic carbocycles. The zero-order valence-electron chi connectivity index (χ0n) is 10.1. The molecule has 3 heteroatoms. The van der Waals surface area contributed by atoms with Crippen LogP contribution in [-0.2, 0) is 6.42 Å². The van der Waals surface area contributed by atoms with E-state index >= 15 is 0 Å². The first-order valence-corrected chi connectivity index (χ1v) is 5.91. The second kappa shape index (κ2) is 5.99. The largest absolute Gasteiger partial charge is 0.354 e. The van der Waals surface area contributed by atoms with Crippen LogP contribution in [0.5, 0.6) is 0 Å². The van der Waals surface area contributed by atoms with Crippen LogP contribution in [0.2, 0.25) is 0 Å². The van der Waals surface area contributed by atoms with Gasteiger partial charge in [0.1, 0.15) is 0 Å². The Bertz CT molecular complexity index is 437. The lowest BCUT2D eigenvalue weighted by atomic mass is 10.1. The monoisotopic (exact) mass is 227 g/mol. The minimum atomic E-state index is 0.712. The molecule has 3 nitrogen and oxygen atoms in total. The van der Waals surface area contributed by atoms with Gasteiger partial charge in [0.15, 0.2) is 0 Å². The highest BCUT2D eigenvalue weighted by atomic mass is 15.1. The maximum absolute atomic E-state index is 4.20. The summed E-state index contributed by atoms with van der Waals surface area (Å²) in [6.45, 7) is 2.89. The molecule has 88 valence electrons. The third-order valence-electron chi connectivity index (χ3n) is 2.55. The van der Waals surface area contributed by atoms with Gasteiger partial charge >= 0.3 is 0 Å². The highest BCUT2D eigenvalue weighted by Gasteiger charge is 1.95. The molecular formula is C14H17N3. The minimum Gasteiger partial charge on any atom is -0.354 e. The van der Waals surface area contributed by atoms with Crippen LogP contribution in [0.3, 0.4) is 0 Å². The van der Waals surface area contributed by atoms with E-state index < -0.39 is 0 Å². The number of rotatable bonds is 5. The molecule has 0 aliphatic heterocycles. The van der Waals surface area contributed by atoms with Gasteiger partial charge in [-0.2, -0.15) is 0 Å². The Morgan fingerprint density at radius 2 is 1.76 bits per heavy atom. The molecule has 1 N–H and O–H groups in total. The number of hydrogen-bond acceptors (Lipinski definition) is 3. The standard InChI is InChI=1S/C14H17N3/c1-12-10-16-14(17-11-12)15-9-5-8-13-6-3-2-4-7-13/h2-4,6-7,10-11H,5,8-9H2,1H3,(H,15,16,17). The Morgan fingerprint density at radius 1 is 1.06 bits per heavy atom. The number of hydrogen-bond donors (Lipinski definition) is 1. The predicted octanol–water partition coefficient (Wildman–Crippen LogP) is 2.83. The number of aromatic nitrogens is 2. The average Bonchev–Trinajstić information content (AvgIpc) is 2.38. The van der Waals surface area contributed by atoms with Gasteiger partial charge in [0.05, 0.1) is 0 Å². The molecule has 0 aliphatic rings. The fourth-order valence-corrected chi connectivity index (χ4v) is 1.62. The summed E-state index contributed by atoms with van der Waals surface area (Å²) in [5.74, 6) is 0.712. The lowest BCUT2D eigenvalue weighted by Crippen LogP contribution is -2.06. The molecule has 0 atom stereocenters. The normalized spacial score (nSPS) is 10.2. The minimum absolute atomic E-state index is 0.712. The zero-order chi connectivity index (χ0) is 11.9. The molecular weight excluding hydrogens is 210 g/mol. The third kappa shape index (κ3) is 3.87. The molecule has 1 aromatic heterocycles. The molecule has 1 heterocycles. The molecule has 0 radical (unpaired) electrons. The van der Waals surface area contributed by atoms with Gasteiger partial charge in [0.2, 0.25) is 5.95 Å². The van der Waals surface area contributed by atoms with Crippen molar-refractivity contribution in [1.82, 2.24) is 9.97 Å². The Kier molecular flexibility index (Phi) is 4.08. The van der Waals surface area contributed by atoms with Crippen molar-refractivity contribution in [3.05, 3.63) is 53.9 Å². The summed E-state index contributed by atoms with van der Waals surface area (Å²) in [5.41, 5.74) is 2.46. The van der Waals surface area contributed by atoms with Crippen LogP contribution in [0.4, 0.5) is 5.95 Å². The van der Waals surface area contributed by atoms with Gasteiger partial charge in [0.25, 0.3) is 0 Å². The Hall–Kier alpha value is -1.90. The predicted molar refractivity (Wildman–Crippen MR) is 70.0 cm³/mol. The summed E-state index contributed by atoms with van der Waals surface area (Å²) in [7, 11) is 0. The van der Waals surface area contributed by atoms with E-state index in [1.54, 1.807) is 0 Å². The van der Waals surface area contributed by atoms with Gasteiger partial charge in [-0.1, -0.05) is 30.3 Å². The first kappa shape index (κ1) is 11.6. The van der Waals surface area contributed by atoms with E-state index in [0.29, 0.717) is 5.95 Å². The fraction of sp³-hybridized carbons (Fsp3) is 0.286. The first-order valence-electron chi connectivity index (χ1n) is 5.91. The molecule has 0 amide bonds. The van der Waals surface area contributed by atoms with Crippen molar-refractivity contribution in [2.75, 3.05) is 11.9 Å². The van der Waals surface area contributed by atoms with Crippen molar-refractivity contribution >= 4 is 5.95 Å². The highest BCUT2D eigenvalue weighted by molar-refractivity contribution is 5.24. The summed E-state index contributed by atoms with van der Waals surface area (Å²) in [5, 5.41) is 3.22. The molecule has 0 spiro atoms. The van der Waals surface area contributed by atoms with Crippen molar-refractivity contribution in [2.24, 2.45) is 0 Å². The summed E-state index contributed by atoms with van der Waals surface area (Å²) in [4.78, 5) is 8.40. The van der Waals surface area contributed by atoms with Crippen LogP contribution in [0.15, 0.2) is 42.7 Å². The molecule has 0 fully saturated rings. The summed E-state index contributed by atoms with van der Waals surface area (Å²) < 4.78 is 0. The molecule has 2 rings (SSSR count). The van der Waals surface area contributed by atoms with E-state index in [1.165, 1.54) is 5.56 Å². The number of aryl methyl sites for hydroxylation is 2. The molecule has 1 aromatic carbocycles. The molecule has 2 aromatic rings. The van der Waals surface area contributed by atoms with Crippen molar-refractivity contribution in [1.29, 1.82) is 0 Å². The van der Waals surface area contributed by atoms with Crippen LogP contribution in [0, 0.1) is 6.92 Å². The summed E-state index contributed by atoms with van der Waals surface area (Å²) in [6, 6.07) is 10.5. The molecule has 0 bridgehead atoms. The maximum atomic E-state index is 4.20. The van der Waals surface area contributed by atoms with Gasteiger partial charge in [-0.05, 0) is 30.9 Å². The lowest BCUT2D eigenvalue weighted by Gasteiger charge is -2.04. The topological polar surface area (TPSA) is 37.8 Å². The number of nitrogens with zero attached hydrogens (tertiary/aromatic N) is 2. The molecule has 0 unspecified atom stereocenters. The van der Waals surface area contributed by atoms with Crippen LogP contribution >= 0.6 is 0 Å². The van der Waals surface area contributed by atoms with Crippen molar-refractivity contribution in [3.8, 4) is 0 Å². The third-order valence-corrected chi connectivity index (χ3v) is 2.55. The molecule has 17 heavy (non-hydrogen) atoms. The van der Waals surface area contributed by atoms with Gasteiger partial charge in [-0.3, -0.25) is 0 Å².